The summed E-state index contributed by atoms with van der Waals surface area (Å²) in [4.78, 5) is 13.6. The molecule has 0 spiro atoms. The lowest BCUT2D eigenvalue weighted by atomic mass is 10.1. The summed E-state index contributed by atoms with van der Waals surface area (Å²) in [6, 6.07) is 0.733. The van der Waals surface area contributed by atoms with Gasteiger partial charge in [0, 0.05) is 12.6 Å². The molecule has 0 aromatic rings. The minimum absolute atomic E-state index is 0.105. The maximum atomic E-state index is 11.1. The fourth-order valence-electron chi connectivity index (χ4n) is 2.97. The predicted octanol–water partition coefficient (Wildman–Crippen LogP) is 1.52. The van der Waals surface area contributed by atoms with Crippen molar-refractivity contribution in [2.75, 3.05) is 13.1 Å². The second kappa shape index (κ2) is 4.97. The molecule has 2 fully saturated rings. The molecule has 1 amide bonds. The highest BCUT2D eigenvalue weighted by Crippen LogP contribution is 2.26. The molecule has 1 aliphatic heterocycles. The lowest BCUT2D eigenvalue weighted by Crippen LogP contribution is -2.34. The lowest BCUT2D eigenvalue weighted by molar-refractivity contribution is -0.121. The molecule has 0 aromatic carbocycles. The Balaban J connectivity index is 1.86. The van der Waals surface area contributed by atoms with Crippen molar-refractivity contribution in [1.29, 1.82) is 0 Å². The van der Waals surface area contributed by atoms with E-state index >= 15 is 0 Å². The van der Waals surface area contributed by atoms with E-state index in [2.05, 4.69) is 4.90 Å². The third-order valence-electron chi connectivity index (χ3n) is 3.96. The first-order valence-corrected chi connectivity index (χ1v) is 6.31. The second-order valence-electron chi connectivity index (χ2n) is 5.03. The van der Waals surface area contributed by atoms with Gasteiger partial charge in [-0.05, 0) is 25.8 Å². The third-order valence-corrected chi connectivity index (χ3v) is 3.96. The minimum atomic E-state index is -0.105. The number of carbonyl (C=O) groups is 1. The number of amides is 1. The van der Waals surface area contributed by atoms with E-state index in [0.717, 1.165) is 25.6 Å². The Morgan fingerprint density at radius 1 is 1.07 bits per heavy atom. The van der Waals surface area contributed by atoms with Crippen LogP contribution in [0.3, 0.4) is 0 Å². The Labute approximate surface area is 92.0 Å². The van der Waals surface area contributed by atoms with Crippen LogP contribution in [-0.4, -0.2) is 29.9 Å². The number of primary amides is 1. The van der Waals surface area contributed by atoms with Gasteiger partial charge in [0.2, 0.25) is 5.91 Å². The van der Waals surface area contributed by atoms with Gasteiger partial charge in [-0.3, -0.25) is 9.69 Å². The quantitative estimate of drug-likeness (QED) is 0.702. The first-order valence-electron chi connectivity index (χ1n) is 6.31. The second-order valence-corrected chi connectivity index (χ2v) is 5.03. The molecular formula is C12H22N2O. The van der Waals surface area contributed by atoms with E-state index in [-0.39, 0.29) is 11.8 Å². The van der Waals surface area contributed by atoms with Crippen LogP contribution >= 0.6 is 0 Å². The fraction of sp³-hybridized carbons (Fsp3) is 0.917. The highest BCUT2D eigenvalue weighted by molar-refractivity contribution is 5.77. The summed E-state index contributed by atoms with van der Waals surface area (Å²) in [5, 5.41) is 0. The number of likely N-dealkylation sites (tertiary alicyclic amines) is 1. The molecule has 1 saturated heterocycles. The molecule has 2 aliphatic rings. The lowest BCUT2D eigenvalue weighted by Gasteiger charge is -2.26. The van der Waals surface area contributed by atoms with Crippen LogP contribution in [0.1, 0.15) is 44.9 Å². The molecule has 0 aromatic heterocycles. The largest absolute Gasteiger partial charge is 0.369 e. The summed E-state index contributed by atoms with van der Waals surface area (Å²) in [5.74, 6) is 0.0133. The molecule has 1 unspecified atom stereocenters. The maximum absolute atomic E-state index is 11.1. The maximum Gasteiger partial charge on any atom is 0.221 e. The van der Waals surface area contributed by atoms with Crippen LogP contribution in [0.25, 0.3) is 0 Å². The first kappa shape index (κ1) is 10.9. The van der Waals surface area contributed by atoms with Gasteiger partial charge in [-0.2, -0.15) is 0 Å². The summed E-state index contributed by atoms with van der Waals surface area (Å²) in [7, 11) is 0. The number of hydrogen-bond acceptors (Lipinski definition) is 2. The average Bonchev–Trinajstić information content (AvgIpc) is 2.55. The van der Waals surface area contributed by atoms with Crippen LogP contribution in [0.4, 0.5) is 0 Å². The summed E-state index contributed by atoms with van der Waals surface area (Å²) in [6.45, 7) is 2.00. The molecule has 0 bridgehead atoms. The van der Waals surface area contributed by atoms with Gasteiger partial charge in [0.15, 0.2) is 0 Å². The van der Waals surface area contributed by atoms with E-state index in [1.165, 1.54) is 38.5 Å². The van der Waals surface area contributed by atoms with Gasteiger partial charge in [0.1, 0.15) is 0 Å². The molecule has 2 rings (SSSR count). The smallest absolute Gasteiger partial charge is 0.221 e. The highest BCUT2D eigenvalue weighted by Gasteiger charge is 2.30. The molecule has 2 N–H and O–H groups in total. The molecule has 0 radical (unpaired) electrons. The Hall–Kier alpha value is -0.570. The van der Waals surface area contributed by atoms with E-state index in [4.69, 9.17) is 5.73 Å². The third kappa shape index (κ3) is 2.71. The molecule has 3 nitrogen and oxygen atoms in total. The van der Waals surface area contributed by atoms with Crippen molar-refractivity contribution in [2.45, 2.75) is 51.0 Å². The normalized spacial score (nSPS) is 30.3. The van der Waals surface area contributed by atoms with Gasteiger partial charge in [-0.1, -0.05) is 25.7 Å². The van der Waals surface area contributed by atoms with Gasteiger partial charge in [0.05, 0.1) is 5.92 Å². The molecule has 1 atom stereocenters. The topological polar surface area (TPSA) is 46.3 Å². The minimum Gasteiger partial charge on any atom is -0.369 e. The standard InChI is InChI=1S/C12H22N2O/c13-12(15)10-7-8-14(9-10)11-5-3-1-2-4-6-11/h10-11H,1-9H2,(H2,13,15). The fourth-order valence-corrected chi connectivity index (χ4v) is 2.97. The van der Waals surface area contributed by atoms with Crippen molar-refractivity contribution in [3.05, 3.63) is 0 Å². The van der Waals surface area contributed by atoms with Crippen LogP contribution in [0.15, 0.2) is 0 Å². The van der Waals surface area contributed by atoms with E-state index in [1.807, 2.05) is 0 Å². The Kier molecular flexibility index (Phi) is 3.62. The number of rotatable bonds is 2. The number of nitrogens with two attached hydrogens (primary N) is 1. The first-order chi connectivity index (χ1) is 7.27. The molecular weight excluding hydrogens is 188 g/mol. The Bertz CT molecular complexity index is 222. The summed E-state index contributed by atoms with van der Waals surface area (Å²) < 4.78 is 0. The number of hydrogen-bond donors (Lipinski definition) is 1. The van der Waals surface area contributed by atoms with Crippen molar-refractivity contribution in [3.8, 4) is 0 Å². The number of carbonyl (C=O) groups excluding carboxylic acids is 1. The van der Waals surface area contributed by atoms with Gasteiger partial charge >= 0.3 is 0 Å². The van der Waals surface area contributed by atoms with Gasteiger partial charge in [-0.15, -0.1) is 0 Å². The Morgan fingerprint density at radius 2 is 1.73 bits per heavy atom. The van der Waals surface area contributed by atoms with Crippen LogP contribution in [0, 0.1) is 5.92 Å². The van der Waals surface area contributed by atoms with Crippen LogP contribution < -0.4 is 5.73 Å². The molecule has 86 valence electrons. The monoisotopic (exact) mass is 210 g/mol. The zero-order chi connectivity index (χ0) is 10.7. The van der Waals surface area contributed by atoms with Crippen LogP contribution in [-0.2, 0) is 4.79 Å². The molecule has 15 heavy (non-hydrogen) atoms. The van der Waals surface area contributed by atoms with Crippen molar-refractivity contribution < 1.29 is 4.79 Å². The average molecular weight is 210 g/mol. The van der Waals surface area contributed by atoms with Gasteiger partial charge < -0.3 is 5.73 Å². The Morgan fingerprint density at radius 3 is 2.27 bits per heavy atom. The molecule has 1 heterocycles. The summed E-state index contributed by atoms with van der Waals surface area (Å²) >= 11 is 0. The molecule has 1 saturated carbocycles. The van der Waals surface area contributed by atoms with Gasteiger partial charge in [-0.25, -0.2) is 0 Å². The highest BCUT2D eigenvalue weighted by atomic mass is 16.1. The SMILES string of the molecule is NC(=O)C1CCN(C2CCCCCC2)C1. The van der Waals surface area contributed by atoms with E-state index in [9.17, 15) is 4.79 Å². The zero-order valence-electron chi connectivity index (χ0n) is 9.45. The summed E-state index contributed by atoms with van der Waals surface area (Å²) in [6.07, 6.45) is 9.14. The molecule has 3 heteroatoms. The van der Waals surface area contributed by atoms with E-state index in [1.54, 1.807) is 0 Å². The van der Waals surface area contributed by atoms with E-state index in [0.29, 0.717) is 0 Å². The van der Waals surface area contributed by atoms with E-state index < -0.39 is 0 Å². The summed E-state index contributed by atoms with van der Waals surface area (Å²) in [5.41, 5.74) is 5.35. The number of nitrogens with zero attached hydrogens (tertiary/aromatic N) is 1. The molecule has 1 aliphatic carbocycles. The van der Waals surface area contributed by atoms with Crippen molar-refractivity contribution in [2.24, 2.45) is 11.7 Å². The predicted molar refractivity (Wildman–Crippen MR) is 60.4 cm³/mol. The van der Waals surface area contributed by atoms with Crippen molar-refractivity contribution in [3.63, 3.8) is 0 Å². The van der Waals surface area contributed by atoms with Crippen LogP contribution in [0.5, 0.6) is 0 Å². The zero-order valence-corrected chi connectivity index (χ0v) is 9.45. The van der Waals surface area contributed by atoms with Gasteiger partial charge in [0.25, 0.3) is 0 Å². The van der Waals surface area contributed by atoms with Crippen molar-refractivity contribution in [1.82, 2.24) is 4.90 Å². The van der Waals surface area contributed by atoms with Crippen LogP contribution in [0.2, 0.25) is 0 Å². The van der Waals surface area contributed by atoms with Crippen molar-refractivity contribution >= 4 is 5.91 Å².